The molecule has 2 N–H and O–H groups in total. The molecule has 6 heteroatoms. The van der Waals surface area contributed by atoms with Gasteiger partial charge in [-0.3, -0.25) is 0 Å². The van der Waals surface area contributed by atoms with Crippen LogP contribution >= 0.6 is 0 Å². The Morgan fingerprint density at radius 2 is 1.38 bits per heavy atom. The molecule has 13 heavy (non-hydrogen) atoms. The molecule has 0 saturated heterocycles. The maximum Gasteiger partial charge on any atom is 0.419 e. The van der Waals surface area contributed by atoms with Gasteiger partial charge in [0, 0.05) is 21.3 Å². The van der Waals surface area contributed by atoms with Crippen LogP contribution in [0.3, 0.4) is 0 Å². The number of carbonyl (C=O) groups excluding carboxylic acids is 1. The van der Waals surface area contributed by atoms with Crippen molar-refractivity contribution in [1.82, 2.24) is 0 Å². The van der Waals surface area contributed by atoms with Crippen molar-refractivity contribution in [3.63, 3.8) is 0 Å². The Bertz CT molecular complexity index is 146. The molecule has 0 spiro atoms. The van der Waals surface area contributed by atoms with E-state index in [1.54, 1.807) is 0 Å². The molecule has 0 aromatic heterocycles. The molecular formula is C7H17N2O4+. The monoisotopic (exact) mass is 193 g/mol. The van der Waals surface area contributed by atoms with Gasteiger partial charge in [-0.1, -0.05) is 0 Å². The van der Waals surface area contributed by atoms with Crippen molar-refractivity contribution in [2.45, 2.75) is 0 Å². The zero-order valence-electron chi connectivity index (χ0n) is 8.28. The second kappa shape index (κ2) is 5.87. The van der Waals surface area contributed by atoms with Crippen LogP contribution in [0.2, 0.25) is 0 Å². The van der Waals surface area contributed by atoms with E-state index >= 15 is 0 Å². The van der Waals surface area contributed by atoms with Gasteiger partial charge in [-0.25, -0.2) is 4.79 Å². The predicted molar refractivity (Wildman–Crippen MR) is 45.5 cm³/mol. The molecule has 78 valence electrons. The van der Waals surface area contributed by atoms with Gasteiger partial charge in [0.05, 0.1) is 0 Å². The Labute approximate surface area is 77.7 Å². The third-order valence-corrected chi connectivity index (χ3v) is 1.60. The molecule has 0 rings (SSSR count). The minimum atomic E-state index is -0.537. The molecule has 0 atom stereocenters. The smallest absolute Gasteiger partial charge is 0.334 e. The summed E-state index contributed by atoms with van der Waals surface area (Å²) in [6.45, 7) is 0.408. The number of hydrogen-bond acceptors (Lipinski definition) is 4. The third-order valence-electron chi connectivity index (χ3n) is 1.60. The Morgan fingerprint density at radius 1 is 1.08 bits per heavy atom. The lowest BCUT2D eigenvalue weighted by Gasteiger charge is -2.30. The molecular weight excluding hydrogens is 176 g/mol. The van der Waals surface area contributed by atoms with Crippen LogP contribution in [0, 0.1) is 0 Å². The fourth-order valence-corrected chi connectivity index (χ4v) is 1.04. The number of nitrogens with zero attached hydrogens (tertiary/aromatic N) is 1. The average molecular weight is 193 g/mol. The first-order valence-corrected chi connectivity index (χ1v) is 3.76. The third kappa shape index (κ3) is 3.27. The van der Waals surface area contributed by atoms with E-state index in [0.717, 1.165) is 0 Å². The Hall–Kier alpha value is -0.690. The van der Waals surface area contributed by atoms with E-state index in [0.29, 0.717) is 0 Å². The molecule has 0 aliphatic heterocycles. The van der Waals surface area contributed by atoms with Crippen LogP contribution in [0.4, 0.5) is 4.79 Å². The molecule has 0 fully saturated rings. The maximum absolute atomic E-state index is 11.1. The lowest BCUT2D eigenvalue weighted by atomic mass is 10.6. The van der Waals surface area contributed by atoms with Crippen LogP contribution in [0.1, 0.15) is 0 Å². The summed E-state index contributed by atoms with van der Waals surface area (Å²) in [5, 5.41) is 0. The highest BCUT2D eigenvalue weighted by molar-refractivity contribution is 5.64. The lowest BCUT2D eigenvalue weighted by molar-refractivity contribution is -0.905. The van der Waals surface area contributed by atoms with Gasteiger partial charge in [-0.05, 0) is 0 Å². The summed E-state index contributed by atoms with van der Waals surface area (Å²) in [6, 6.07) is -0.537. The normalized spacial score (nSPS) is 11.6. The fraction of sp³-hybridized carbons (Fsp3) is 0.857. The summed E-state index contributed by atoms with van der Waals surface area (Å²) in [6.07, 6.45) is 0. The summed E-state index contributed by atoms with van der Waals surface area (Å²) in [4.78, 5) is 11.1. The average Bonchev–Trinajstić information content (AvgIpc) is 2.05. The first-order valence-electron chi connectivity index (χ1n) is 3.76. The quantitative estimate of drug-likeness (QED) is 0.464. The van der Waals surface area contributed by atoms with Gasteiger partial charge in [0.25, 0.3) is 0 Å². The summed E-state index contributed by atoms with van der Waals surface area (Å²) in [5.41, 5.74) is 5.22. The topological polar surface area (TPSA) is 70.8 Å². The number of ether oxygens (including phenoxy) is 3. The summed E-state index contributed by atoms with van der Waals surface area (Å²) in [7, 11) is 4.46. The van der Waals surface area contributed by atoms with Gasteiger partial charge in [-0.2, -0.15) is 4.48 Å². The van der Waals surface area contributed by atoms with E-state index in [1.165, 1.54) is 21.3 Å². The first-order chi connectivity index (χ1) is 6.13. The van der Waals surface area contributed by atoms with E-state index in [2.05, 4.69) is 0 Å². The number of urea groups is 1. The van der Waals surface area contributed by atoms with Crippen LogP contribution in [0.5, 0.6) is 0 Å². The second-order valence-electron chi connectivity index (χ2n) is 2.74. The van der Waals surface area contributed by atoms with Crippen molar-refractivity contribution < 1.29 is 23.5 Å². The predicted octanol–water partition coefficient (Wildman–Crippen LogP) is -0.306. The number of primary amides is 1. The highest BCUT2D eigenvalue weighted by Crippen LogP contribution is 2.06. The largest absolute Gasteiger partial charge is 0.419 e. The van der Waals surface area contributed by atoms with Gasteiger partial charge in [0.15, 0.2) is 20.2 Å². The minimum absolute atomic E-state index is 0.136. The van der Waals surface area contributed by atoms with Crippen LogP contribution in [-0.4, -0.2) is 52.0 Å². The van der Waals surface area contributed by atoms with Gasteiger partial charge in [0.1, 0.15) is 0 Å². The van der Waals surface area contributed by atoms with Crippen molar-refractivity contribution in [3.8, 4) is 0 Å². The molecule has 0 bridgehead atoms. The summed E-state index contributed by atoms with van der Waals surface area (Å²) < 4.78 is 14.5. The fourth-order valence-electron chi connectivity index (χ4n) is 1.04. The highest BCUT2D eigenvalue weighted by atomic mass is 16.5. The van der Waals surface area contributed by atoms with Crippen LogP contribution in [0.15, 0.2) is 0 Å². The van der Waals surface area contributed by atoms with E-state index in [4.69, 9.17) is 19.9 Å². The first kappa shape index (κ1) is 12.3. The molecule has 6 nitrogen and oxygen atoms in total. The number of rotatable bonds is 6. The molecule has 0 unspecified atom stereocenters. The van der Waals surface area contributed by atoms with Gasteiger partial charge in [-0.15, -0.1) is 0 Å². The van der Waals surface area contributed by atoms with Crippen molar-refractivity contribution in [2.75, 3.05) is 41.5 Å². The van der Waals surface area contributed by atoms with E-state index < -0.39 is 6.03 Å². The molecule has 2 amide bonds. The van der Waals surface area contributed by atoms with E-state index in [9.17, 15) is 4.79 Å². The number of nitrogens with two attached hydrogens (primary N) is 1. The summed E-state index contributed by atoms with van der Waals surface area (Å²) in [5.74, 6) is 0. The van der Waals surface area contributed by atoms with Crippen molar-refractivity contribution in [2.24, 2.45) is 5.73 Å². The molecule has 0 aliphatic carbocycles. The van der Waals surface area contributed by atoms with Crippen molar-refractivity contribution >= 4 is 6.03 Å². The number of hydrogen-bond donors (Lipinski definition) is 1. The van der Waals surface area contributed by atoms with Crippen molar-refractivity contribution in [3.05, 3.63) is 0 Å². The Balaban J connectivity index is 4.48. The van der Waals surface area contributed by atoms with Gasteiger partial charge < -0.3 is 19.9 Å². The highest BCUT2D eigenvalue weighted by Gasteiger charge is 2.34. The molecule has 0 aliphatic rings. The second-order valence-corrected chi connectivity index (χ2v) is 2.74. The van der Waals surface area contributed by atoms with E-state index in [-0.39, 0.29) is 24.7 Å². The summed E-state index contributed by atoms with van der Waals surface area (Å²) >= 11 is 0. The molecule has 0 saturated carbocycles. The molecule has 0 aromatic rings. The lowest BCUT2D eigenvalue weighted by Crippen LogP contribution is -2.58. The number of quaternary nitrogens is 1. The Kier molecular flexibility index (Phi) is 5.56. The van der Waals surface area contributed by atoms with Crippen LogP contribution in [-0.2, 0) is 14.2 Å². The number of carbonyl (C=O) groups is 1. The van der Waals surface area contributed by atoms with Crippen LogP contribution < -0.4 is 5.73 Å². The molecule has 0 radical (unpaired) electrons. The minimum Gasteiger partial charge on any atom is -0.334 e. The standard InChI is InChI=1S/C7H16N2O4/c1-11-4-9(5-12-2,6-13-3)7(8)10/h4-6H2,1-3H3,(H-,8,10)/p+1. The zero-order chi connectivity index (χ0) is 10.3. The van der Waals surface area contributed by atoms with Crippen molar-refractivity contribution in [1.29, 1.82) is 0 Å². The zero-order valence-corrected chi connectivity index (χ0v) is 8.28. The Morgan fingerprint density at radius 3 is 1.54 bits per heavy atom. The number of amides is 2. The van der Waals surface area contributed by atoms with Gasteiger partial charge >= 0.3 is 6.03 Å². The van der Waals surface area contributed by atoms with Crippen LogP contribution in [0.25, 0.3) is 0 Å². The van der Waals surface area contributed by atoms with E-state index in [1.807, 2.05) is 0 Å². The molecule has 0 aromatic carbocycles. The van der Waals surface area contributed by atoms with Gasteiger partial charge in [0.2, 0.25) is 0 Å². The number of methoxy groups -OCH3 is 3. The molecule has 0 heterocycles. The maximum atomic E-state index is 11.1. The SMILES string of the molecule is COC[N+](COC)(COC)C(N)=O.